The molecular formula is C47H79N11O20. The van der Waals surface area contributed by atoms with Crippen LogP contribution in [-0.2, 0) is 67.1 Å². The quantitative estimate of drug-likeness (QED) is 0.0257. The maximum atomic E-state index is 13.9. The zero-order chi connectivity index (χ0) is 60.1. The van der Waals surface area contributed by atoms with Gasteiger partial charge in [-0.05, 0) is 64.7 Å². The van der Waals surface area contributed by atoms with Crippen LogP contribution in [0, 0.1) is 11.8 Å². The number of unbranched alkanes of at least 4 members (excludes halogenated alkanes) is 1. The van der Waals surface area contributed by atoms with Crippen LogP contribution in [0.4, 0.5) is 0 Å². The van der Waals surface area contributed by atoms with E-state index < -0.39 is 188 Å². The van der Waals surface area contributed by atoms with Crippen molar-refractivity contribution in [3.8, 4) is 0 Å². The third-order valence-electron chi connectivity index (χ3n) is 12.1. The monoisotopic (exact) mass is 1120 g/mol. The van der Waals surface area contributed by atoms with Crippen molar-refractivity contribution < 1.29 is 97.8 Å². The number of carbonyl (C=O) groups excluding carboxylic acids is 10. The molecular weight excluding hydrogens is 1040 g/mol. The summed E-state index contributed by atoms with van der Waals surface area (Å²) in [6, 6.07) is -14.9. The first-order valence-electron chi connectivity index (χ1n) is 25.2. The lowest BCUT2D eigenvalue weighted by Crippen LogP contribution is -2.62. The lowest BCUT2D eigenvalue weighted by Gasteiger charge is -2.29. The summed E-state index contributed by atoms with van der Waals surface area (Å²) in [5, 5.41) is 81.3. The minimum absolute atomic E-state index is 0.0946. The molecule has 10 amide bonds. The van der Waals surface area contributed by atoms with Crippen LogP contribution in [0.3, 0.4) is 0 Å². The van der Waals surface area contributed by atoms with E-state index in [-0.39, 0.29) is 44.6 Å². The van der Waals surface area contributed by atoms with Gasteiger partial charge in [-0.25, -0.2) is 0 Å². The van der Waals surface area contributed by atoms with Gasteiger partial charge >= 0.3 is 23.9 Å². The number of hydrogen-bond donors (Lipinski definition) is 17. The van der Waals surface area contributed by atoms with E-state index in [0.29, 0.717) is 6.42 Å². The average Bonchev–Trinajstić information content (AvgIpc) is 3.35. The van der Waals surface area contributed by atoms with Crippen molar-refractivity contribution in [2.75, 3.05) is 13.1 Å². The lowest BCUT2D eigenvalue weighted by atomic mass is 9.96. The molecule has 0 bridgehead atoms. The number of aliphatic hydroxyl groups excluding tert-OH is 2. The van der Waals surface area contributed by atoms with Gasteiger partial charge in [0.25, 0.3) is 0 Å². The smallest absolute Gasteiger partial charge is 0.322 e. The Kier molecular flexibility index (Phi) is 32.3. The molecule has 0 rings (SSSR count). The summed E-state index contributed by atoms with van der Waals surface area (Å²) < 4.78 is 0. The fourth-order valence-electron chi connectivity index (χ4n) is 7.03. The van der Waals surface area contributed by atoms with E-state index in [4.69, 9.17) is 15.9 Å². The van der Waals surface area contributed by atoms with Gasteiger partial charge in [-0.3, -0.25) is 67.1 Å². The van der Waals surface area contributed by atoms with Crippen molar-refractivity contribution >= 4 is 82.9 Å². The Morgan fingerprint density at radius 1 is 0.423 bits per heavy atom. The van der Waals surface area contributed by atoms with Gasteiger partial charge in [0.2, 0.25) is 59.1 Å². The molecule has 0 spiro atoms. The molecule has 0 aliphatic heterocycles. The zero-order valence-electron chi connectivity index (χ0n) is 45.0. The van der Waals surface area contributed by atoms with Crippen LogP contribution in [-0.4, -0.2) is 193 Å². The van der Waals surface area contributed by atoms with Gasteiger partial charge in [0.15, 0.2) is 0 Å². The van der Waals surface area contributed by atoms with Gasteiger partial charge in [0.1, 0.15) is 54.9 Å². The number of rotatable bonds is 38. The predicted octanol–water partition coefficient (Wildman–Crippen LogP) is -5.22. The van der Waals surface area contributed by atoms with Crippen molar-refractivity contribution in [1.29, 1.82) is 0 Å². The molecule has 13 atom stereocenters. The van der Waals surface area contributed by atoms with Gasteiger partial charge in [-0.15, -0.1) is 0 Å². The van der Waals surface area contributed by atoms with Crippen molar-refractivity contribution in [1.82, 2.24) is 53.2 Å². The van der Waals surface area contributed by atoms with Crippen LogP contribution in [0.15, 0.2) is 0 Å². The first-order chi connectivity index (χ1) is 36.3. The first-order valence-corrected chi connectivity index (χ1v) is 25.2. The topological polar surface area (TPSA) is 507 Å². The number of carboxylic acid groups (broad SMARTS) is 4. The number of nitrogens with one attached hydrogen (secondary N) is 10. The molecule has 0 heterocycles. The Labute approximate surface area is 449 Å². The van der Waals surface area contributed by atoms with E-state index in [0.717, 1.165) is 20.8 Å². The maximum Gasteiger partial charge on any atom is 0.322 e. The van der Waals surface area contributed by atoms with Crippen LogP contribution < -0.4 is 58.9 Å². The number of hydrogen-bond acceptors (Lipinski definition) is 17. The fourth-order valence-corrected chi connectivity index (χ4v) is 7.03. The highest BCUT2D eigenvalue weighted by molar-refractivity contribution is 5.99. The molecule has 0 unspecified atom stereocenters. The van der Waals surface area contributed by atoms with E-state index in [1.54, 1.807) is 27.7 Å². The van der Waals surface area contributed by atoms with Crippen molar-refractivity contribution in [3.63, 3.8) is 0 Å². The molecule has 0 aromatic heterocycles. The van der Waals surface area contributed by atoms with Crippen molar-refractivity contribution in [3.05, 3.63) is 0 Å². The van der Waals surface area contributed by atoms with Crippen LogP contribution in [0.25, 0.3) is 0 Å². The highest BCUT2D eigenvalue weighted by atomic mass is 16.4. The average molecular weight is 1120 g/mol. The highest BCUT2D eigenvalue weighted by Crippen LogP contribution is 2.13. The van der Waals surface area contributed by atoms with Crippen molar-refractivity contribution in [2.24, 2.45) is 17.6 Å². The Morgan fingerprint density at radius 3 is 1.32 bits per heavy atom. The van der Waals surface area contributed by atoms with Crippen LogP contribution in [0.1, 0.15) is 120 Å². The Balaban J connectivity index is 6.66. The van der Waals surface area contributed by atoms with Crippen LogP contribution >= 0.6 is 0 Å². The summed E-state index contributed by atoms with van der Waals surface area (Å²) in [5.41, 5.74) is 5.81. The SMILES string of the molecule is CC[C@H](C)[C@H](NC(=O)[C@@H](NC(=O)[C@H](C)NC(=O)[C@H](CCCCNC(C)=O)NC(=O)[C@H](CC(=O)O)NC(=O)[C@@H](NC(=O)[C@H](CCC(=O)O)NC(=O)[C@@H](NC(=O)[C@@H](N)CCC(=O)O)[C@@H](C)CC)[C@@H](C)O)[C@@H](C)O)C(=O)NCC(=O)O. The third kappa shape index (κ3) is 27.0. The van der Waals surface area contributed by atoms with Gasteiger partial charge in [0, 0.05) is 26.3 Å². The molecule has 0 radical (unpaired) electrons. The summed E-state index contributed by atoms with van der Waals surface area (Å²) in [6.07, 6.45) is -6.07. The molecule has 0 aromatic rings. The van der Waals surface area contributed by atoms with E-state index >= 15 is 0 Å². The summed E-state index contributed by atoms with van der Waals surface area (Å²) >= 11 is 0. The van der Waals surface area contributed by atoms with Crippen LogP contribution in [0.2, 0.25) is 0 Å². The van der Waals surface area contributed by atoms with E-state index in [9.17, 15) is 87.5 Å². The molecule has 78 heavy (non-hydrogen) atoms. The predicted molar refractivity (Wildman–Crippen MR) is 271 cm³/mol. The molecule has 0 saturated carbocycles. The largest absolute Gasteiger partial charge is 0.481 e. The number of carbonyl (C=O) groups is 14. The number of aliphatic carboxylic acids is 4. The van der Waals surface area contributed by atoms with Gasteiger partial charge < -0.3 is 89.5 Å². The standard InChI is InChI=1S/C47H79N11O20/c1-9-21(3)35(44(75)50-20-34(68)69)56-47(78)38(25(7)60)57-39(70)23(5)51-41(72)28(13-11-12-18-49-26(8)61)52-43(74)30(19-33(66)67)54-46(77)37(24(6)59)58-42(73)29(15-17-32(64)65)53-45(76)36(22(4)10-2)55-40(71)27(48)14-16-31(62)63/h21-25,27-30,35-38,59-60H,9-20,48H2,1-8H3,(H,49,61)(H,50,75)(H,51,72)(H,52,74)(H,53,76)(H,54,77)(H,55,71)(H,56,78)(H,57,70)(H,58,73)(H,62,63)(H,64,65)(H,66,67)(H,68,69)/t21-,22-,23-,24+,25+,27-,28-,29-,30-,35-,36-,37-,38-/m0/s1. The summed E-state index contributed by atoms with van der Waals surface area (Å²) in [5.74, 6) is -17.2. The number of nitrogens with two attached hydrogens (primary N) is 1. The zero-order valence-corrected chi connectivity index (χ0v) is 45.0. The highest BCUT2D eigenvalue weighted by Gasteiger charge is 2.38. The van der Waals surface area contributed by atoms with Gasteiger partial charge in [0.05, 0.1) is 24.7 Å². The maximum absolute atomic E-state index is 13.9. The van der Waals surface area contributed by atoms with E-state index in [1.165, 1.54) is 6.92 Å². The van der Waals surface area contributed by atoms with Crippen molar-refractivity contribution in [2.45, 2.75) is 186 Å². The second-order valence-electron chi connectivity index (χ2n) is 18.8. The Morgan fingerprint density at radius 2 is 0.833 bits per heavy atom. The van der Waals surface area contributed by atoms with Crippen LogP contribution in [0.5, 0.6) is 0 Å². The molecule has 0 aromatic carbocycles. The Bertz CT molecular complexity index is 2130. The normalized spacial score (nSPS) is 16.0. The summed E-state index contributed by atoms with van der Waals surface area (Å²) in [4.78, 5) is 178. The molecule has 0 aliphatic carbocycles. The molecule has 31 heteroatoms. The van der Waals surface area contributed by atoms with Gasteiger partial charge in [-0.1, -0.05) is 40.5 Å². The number of amides is 10. The summed E-state index contributed by atoms with van der Waals surface area (Å²) in [7, 11) is 0. The number of aliphatic hydroxyl groups is 2. The second-order valence-corrected chi connectivity index (χ2v) is 18.8. The van der Waals surface area contributed by atoms with E-state index in [2.05, 4.69) is 53.2 Å². The minimum Gasteiger partial charge on any atom is -0.481 e. The first kappa shape index (κ1) is 70.5. The molecule has 0 aliphatic rings. The molecule has 31 nitrogen and oxygen atoms in total. The Hall–Kier alpha value is -7.54. The number of carboxylic acids is 4. The molecule has 0 fully saturated rings. The fraction of sp³-hybridized carbons (Fsp3) is 0.702. The lowest BCUT2D eigenvalue weighted by molar-refractivity contribution is -0.142. The van der Waals surface area contributed by atoms with Gasteiger partial charge in [-0.2, -0.15) is 0 Å². The minimum atomic E-state index is -2.07. The molecule has 0 saturated heterocycles. The second kappa shape index (κ2) is 35.7. The van der Waals surface area contributed by atoms with E-state index in [1.807, 2.05) is 0 Å². The summed E-state index contributed by atoms with van der Waals surface area (Å²) in [6.45, 7) is 10.4. The molecule has 18 N–H and O–H groups in total. The molecule has 442 valence electrons. The third-order valence-corrected chi connectivity index (χ3v) is 12.1.